The van der Waals surface area contributed by atoms with Gasteiger partial charge in [-0.05, 0) is 25.5 Å². The first kappa shape index (κ1) is 17.5. The number of nitrogens with zero attached hydrogens (tertiary/aromatic N) is 2. The first-order chi connectivity index (χ1) is 11.6. The summed E-state index contributed by atoms with van der Waals surface area (Å²) in [5.41, 5.74) is 1.18. The van der Waals surface area contributed by atoms with Crippen LogP contribution < -0.4 is 4.74 Å². The minimum absolute atomic E-state index is 0.00583. The topological polar surface area (TPSA) is 96.8 Å². The molecule has 1 atom stereocenters. The average molecular weight is 331 g/mol. The number of phenolic OH excluding ortho intramolecular Hbond substituents is 1. The largest absolute Gasteiger partial charge is 0.507 e. The van der Waals surface area contributed by atoms with Crippen LogP contribution >= 0.6 is 0 Å². The molecule has 1 unspecified atom stereocenters. The van der Waals surface area contributed by atoms with Gasteiger partial charge in [0, 0.05) is 24.0 Å². The van der Waals surface area contributed by atoms with Gasteiger partial charge in [0.15, 0.2) is 6.10 Å². The molecule has 1 aromatic carbocycles. The van der Waals surface area contributed by atoms with Crippen LogP contribution in [-0.4, -0.2) is 40.2 Å². The van der Waals surface area contributed by atoms with Crippen LogP contribution in [0.2, 0.25) is 0 Å². The number of rotatable bonds is 8. The van der Waals surface area contributed by atoms with E-state index in [4.69, 9.17) is 9.47 Å². The molecule has 0 saturated heterocycles. The van der Waals surface area contributed by atoms with E-state index in [2.05, 4.69) is 15.2 Å². The number of carbonyl (C=O) groups is 1. The molecule has 0 bridgehead atoms. The molecule has 0 amide bonds. The smallest absolute Gasteiger partial charge is 0.347 e. The van der Waals surface area contributed by atoms with Gasteiger partial charge in [-0.15, -0.1) is 0 Å². The molecule has 0 radical (unpaired) electrons. The third kappa shape index (κ3) is 5.12. The molecule has 7 heteroatoms. The predicted molar refractivity (Wildman–Crippen MR) is 89.9 cm³/mol. The van der Waals surface area contributed by atoms with E-state index in [1.54, 1.807) is 31.5 Å². The fraction of sp³-hybridized carbons (Fsp3) is 0.353. The quantitative estimate of drug-likeness (QED) is 0.440. The second-order valence-electron chi connectivity index (χ2n) is 5.22. The average Bonchev–Trinajstić information content (AvgIpc) is 3.07. The van der Waals surface area contributed by atoms with Crippen molar-refractivity contribution in [3.63, 3.8) is 0 Å². The summed E-state index contributed by atoms with van der Waals surface area (Å²) >= 11 is 0. The van der Waals surface area contributed by atoms with Crippen molar-refractivity contribution in [2.75, 3.05) is 6.61 Å². The highest BCUT2D eigenvalue weighted by atomic mass is 16.6. The summed E-state index contributed by atoms with van der Waals surface area (Å²) in [4.78, 5) is 15.9. The molecular weight excluding hydrogens is 310 g/mol. The number of unbranched alkanes of at least 4 members (excludes halogenated alkanes) is 1. The zero-order valence-corrected chi connectivity index (χ0v) is 13.7. The summed E-state index contributed by atoms with van der Waals surface area (Å²) in [6, 6.07) is 4.75. The van der Waals surface area contributed by atoms with Gasteiger partial charge in [0.25, 0.3) is 0 Å². The number of H-pyrrole nitrogens is 1. The number of hydrogen-bond acceptors (Lipinski definition) is 6. The molecule has 7 nitrogen and oxygen atoms in total. The molecular formula is C17H21N3O4. The van der Waals surface area contributed by atoms with Crippen LogP contribution in [0.5, 0.6) is 11.5 Å². The van der Waals surface area contributed by atoms with Crippen LogP contribution in [0.15, 0.2) is 35.6 Å². The van der Waals surface area contributed by atoms with Crippen molar-refractivity contribution in [2.45, 2.75) is 32.8 Å². The lowest BCUT2D eigenvalue weighted by Crippen LogP contribution is -2.26. The molecule has 1 heterocycles. The molecule has 0 spiro atoms. The van der Waals surface area contributed by atoms with Crippen molar-refractivity contribution in [1.82, 2.24) is 10.2 Å². The van der Waals surface area contributed by atoms with Gasteiger partial charge in [-0.2, -0.15) is 5.10 Å². The lowest BCUT2D eigenvalue weighted by Gasteiger charge is -2.14. The van der Waals surface area contributed by atoms with Crippen LogP contribution in [0.4, 0.5) is 5.69 Å². The van der Waals surface area contributed by atoms with Crippen molar-refractivity contribution >= 4 is 17.9 Å². The number of aromatic nitrogens is 2. The van der Waals surface area contributed by atoms with Gasteiger partial charge in [0.2, 0.25) is 0 Å². The maximum Gasteiger partial charge on any atom is 0.347 e. The standard InChI is InChI=1S/C17H21N3O4/c1-3-4-7-23-17(22)12(2)24-15-6-5-13(16(21)8-15)9-18-14-10-19-20-11-14/h5-6,8-12,21H,3-4,7H2,1-2H3,(H,19,20). The van der Waals surface area contributed by atoms with E-state index in [0.717, 1.165) is 12.8 Å². The number of hydrogen-bond donors (Lipinski definition) is 2. The van der Waals surface area contributed by atoms with Gasteiger partial charge < -0.3 is 14.6 Å². The highest BCUT2D eigenvalue weighted by molar-refractivity contribution is 5.85. The van der Waals surface area contributed by atoms with Gasteiger partial charge in [-0.1, -0.05) is 13.3 Å². The number of carbonyl (C=O) groups excluding carboxylic acids is 1. The van der Waals surface area contributed by atoms with Crippen molar-refractivity contribution in [3.05, 3.63) is 36.2 Å². The third-order valence-electron chi connectivity index (χ3n) is 3.23. The molecule has 2 N–H and O–H groups in total. The second kappa shape index (κ2) is 8.71. The van der Waals surface area contributed by atoms with E-state index < -0.39 is 12.1 Å². The Bertz CT molecular complexity index is 683. The predicted octanol–water partition coefficient (Wildman–Crippen LogP) is 2.98. The van der Waals surface area contributed by atoms with Crippen molar-refractivity contribution in [1.29, 1.82) is 0 Å². The van der Waals surface area contributed by atoms with Gasteiger partial charge in [0.05, 0.1) is 12.8 Å². The Labute approximate surface area is 140 Å². The maximum atomic E-state index is 11.8. The Balaban J connectivity index is 1.95. The van der Waals surface area contributed by atoms with E-state index >= 15 is 0 Å². The van der Waals surface area contributed by atoms with Crippen molar-refractivity contribution < 1.29 is 19.4 Å². The zero-order chi connectivity index (χ0) is 17.4. The van der Waals surface area contributed by atoms with E-state index in [-0.39, 0.29) is 5.75 Å². The fourth-order valence-electron chi connectivity index (χ4n) is 1.85. The van der Waals surface area contributed by atoms with Gasteiger partial charge in [-0.3, -0.25) is 10.1 Å². The molecule has 0 saturated carbocycles. The Morgan fingerprint density at radius 1 is 1.50 bits per heavy atom. The van der Waals surface area contributed by atoms with Crippen LogP contribution in [0.25, 0.3) is 0 Å². The summed E-state index contributed by atoms with van der Waals surface area (Å²) < 4.78 is 10.6. The highest BCUT2D eigenvalue weighted by Crippen LogP contribution is 2.24. The highest BCUT2D eigenvalue weighted by Gasteiger charge is 2.16. The molecule has 0 aliphatic rings. The van der Waals surface area contributed by atoms with Gasteiger partial charge in [0.1, 0.15) is 17.2 Å². The van der Waals surface area contributed by atoms with E-state index in [9.17, 15) is 9.90 Å². The van der Waals surface area contributed by atoms with E-state index in [1.807, 2.05) is 6.92 Å². The normalized spacial score (nSPS) is 12.2. The maximum absolute atomic E-state index is 11.8. The SMILES string of the molecule is CCCCOC(=O)C(C)Oc1ccc(C=Nc2cn[nH]c2)c(O)c1. The van der Waals surface area contributed by atoms with Crippen LogP contribution in [0.3, 0.4) is 0 Å². The van der Waals surface area contributed by atoms with E-state index in [0.29, 0.717) is 23.6 Å². The molecule has 2 rings (SSSR count). The molecule has 0 aliphatic carbocycles. The summed E-state index contributed by atoms with van der Waals surface area (Å²) in [5.74, 6) is -0.0345. The van der Waals surface area contributed by atoms with E-state index in [1.165, 1.54) is 12.3 Å². The Morgan fingerprint density at radius 3 is 3.00 bits per heavy atom. The minimum atomic E-state index is -0.744. The number of aromatic hydroxyl groups is 1. The third-order valence-corrected chi connectivity index (χ3v) is 3.23. The number of esters is 1. The Hall–Kier alpha value is -2.83. The number of benzene rings is 1. The minimum Gasteiger partial charge on any atom is -0.507 e. The Morgan fingerprint density at radius 2 is 2.33 bits per heavy atom. The first-order valence-electron chi connectivity index (χ1n) is 7.79. The monoisotopic (exact) mass is 331 g/mol. The fourth-order valence-corrected chi connectivity index (χ4v) is 1.85. The lowest BCUT2D eigenvalue weighted by atomic mass is 10.2. The second-order valence-corrected chi connectivity index (χ2v) is 5.22. The number of ether oxygens (including phenoxy) is 2. The molecule has 0 aliphatic heterocycles. The number of aliphatic imine (C=N–C) groups is 1. The molecule has 0 fully saturated rings. The molecule has 2 aromatic rings. The van der Waals surface area contributed by atoms with Crippen LogP contribution in [-0.2, 0) is 9.53 Å². The Kier molecular flexibility index (Phi) is 6.36. The number of phenols is 1. The zero-order valence-electron chi connectivity index (χ0n) is 13.7. The van der Waals surface area contributed by atoms with Gasteiger partial charge >= 0.3 is 5.97 Å². The molecule has 128 valence electrons. The lowest BCUT2D eigenvalue weighted by molar-refractivity contribution is -0.151. The van der Waals surface area contributed by atoms with Crippen LogP contribution in [0, 0.1) is 0 Å². The summed E-state index contributed by atoms with van der Waals surface area (Å²) in [7, 11) is 0. The summed E-state index contributed by atoms with van der Waals surface area (Å²) in [6.07, 6.45) is 5.76. The van der Waals surface area contributed by atoms with Gasteiger partial charge in [-0.25, -0.2) is 4.79 Å². The summed E-state index contributed by atoms with van der Waals surface area (Å²) in [5, 5.41) is 16.5. The molecule has 24 heavy (non-hydrogen) atoms. The van der Waals surface area contributed by atoms with Crippen molar-refractivity contribution in [2.24, 2.45) is 4.99 Å². The van der Waals surface area contributed by atoms with Crippen molar-refractivity contribution in [3.8, 4) is 11.5 Å². The number of aromatic amines is 1. The molecule has 1 aromatic heterocycles. The van der Waals surface area contributed by atoms with Crippen LogP contribution in [0.1, 0.15) is 32.3 Å². The summed E-state index contributed by atoms with van der Waals surface area (Å²) in [6.45, 7) is 4.02. The number of nitrogens with one attached hydrogen (secondary N) is 1. The first-order valence-corrected chi connectivity index (χ1v) is 7.79.